The smallest absolute Gasteiger partial charge is 0.157 e. The number of pyridine rings is 2. The van der Waals surface area contributed by atoms with E-state index in [1.807, 2.05) is 6.07 Å². The molecule has 3 rings (SSSR count). The van der Waals surface area contributed by atoms with Gasteiger partial charge in [-0.3, -0.25) is 9.38 Å². The lowest BCUT2D eigenvalue weighted by atomic mass is 10.2. The van der Waals surface area contributed by atoms with Crippen molar-refractivity contribution in [3.8, 4) is 17.3 Å². The van der Waals surface area contributed by atoms with E-state index in [9.17, 15) is 5.26 Å². The van der Waals surface area contributed by atoms with E-state index in [4.69, 9.17) is 23.2 Å². The summed E-state index contributed by atoms with van der Waals surface area (Å²) in [4.78, 5) is 8.43. The maximum Gasteiger partial charge on any atom is 0.157 e. The molecular weight excluding hydrogens is 283 g/mol. The Hall–Kier alpha value is -2.09. The van der Waals surface area contributed by atoms with Crippen molar-refractivity contribution in [1.82, 2.24) is 14.4 Å². The average molecular weight is 289 g/mol. The van der Waals surface area contributed by atoms with Crippen LogP contribution < -0.4 is 0 Å². The van der Waals surface area contributed by atoms with Crippen LogP contribution in [0.5, 0.6) is 0 Å². The minimum absolute atomic E-state index is 0.382. The Balaban J connectivity index is 2.39. The van der Waals surface area contributed by atoms with Crippen molar-refractivity contribution < 1.29 is 0 Å². The number of nitrogens with zero attached hydrogens (tertiary/aromatic N) is 4. The molecule has 0 aliphatic carbocycles. The third-order valence-corrected chi connectivity index (χ3v) is 3.17. The summed E-state index contributed by atoms with van der Waals surface area (Å²) in [6.07, 6.45) is 4.93. The molecule has 0 saturated heterocycles. The van der Waals surface area contributed by atoms with Crippen molar-refractivity contribution in [3.05, 3.63) is 52.5 Å². The predicted molar refractivity (Wildman–Crippen MR) is 73.2 cm³/mol. The lowest BCUT2D eigenvalue weighted by Crippen LogP contribution is -1.89. The second-order valence-electron chi connectivity index (χ2n) is 3.86. The summed E-state index contributed by atoms with van der Waals surface area (Å²) >= 11 is 12.1. The van der Waals surface area contributed by atoms with E-state index in [-0.39, 0.29) is 0 Å². The van der Waals surface area contributed by atoms with E-state index in [2.05, 4.69) is 16.0 Å². The number of imidazole rings is 1. The molecule has 0 aliphatic heterocycles. The average Bonchev–Trinajstić information content (AvgIpc) is 2.78. The van der Waals surface area contributed by atoms with Crippen LogP contribution in [0.4, 0.5) is 0 Å². The summed E-state index contributed by atoms with van der Waals surface area (Å²) in [6.45, 7) is 0. The predicted octanol–water partition coefficient (Wildman–Crippen LogP) is 3.57. The van der Waals surface area contributed by atoms with Crippen molar-refractivity contribution in [2.75, 3.05) is 0 Å². The normalized spacial score (nSPS) is 10.6. The van der Waals surface area contributed by atoms with Gasteiger partial charge in [0.15, 0.2) is 11.3 Å². The fourth-order valence-electron chi connectivity index (χ4n) is 1.88. The van der Waals surface area contributed by atoms with Crippen LogP contribution >= 0.6 is 23.2 Å². The van der Waals surface area contributed by atoms with Gasteiger partial charge in [-0.25, -0.2) is 4.98 Å². The number of hydrogen-bond donors (Lipinski definition) is 0. The molecule has 0 atom stereocenters. The van der Waals surface area contributed by atoms with Crippen LogP contribution in [0.25, 0.3) is 16.9 Å². The zero-order valence-corrected chi connectivity index (χ0v) is 11.0. The van der Waals surface area contributed by atoms with Gasteiger partial charge >= 0.3 is 0 Å². The Labute approximate surface area is 118 Å². The number of rotatable bonds is 1. The highest BCUT2D eigenvalue weighted by atomic mass is 35.5. The molecule has 0 radical (unpaired) electrons. The fourth-order valence-corrected chi connectivity index (χ4v) is 2.40. The highest BCUT2D eigenvalue weighted by Crippen LogP contribution is 2.28. The van der Waals surface area contributed by atoms with Gasteiger partial charge in [0, 0.05) is 24.2 Å². The van der Waals surface area contributed by atoms with Crippen molar-refractivity contribution in [2.45, 2.75) is 0 Å². The first kappa shape index (κ1) is 12.0. The van der Waals surface area contributed by atoms with Gasteiger partial charge in [0.2, 0.25) is 0 Å². The topological polar surface area (TPSA) is 54.0 Å². The highest BCUT2D eigenvalue weighted by Gasteiger charge is 2.16. The van der Waals surface area contributed by atoms with Gasteiger partial charge in [0.05, 0.1) is 10.0 Å². The minimum Gasteiger partial charge on any atom is -0.288 e. The third kappa shape index (κ3) is 1.93. The Bertz CT molecular complexity index is 803. The number of fused-ring (bicyclic) bond motifs is 1. The number of aromatic nitrogens is 3. The molecule has 3 heterocycles. The molecule has 4 nitrogen and oxygen atoms in total. The van der Waals surface area contributed by atoms with E-state index in [1.54, 1.807) is 35.1 Å². The summed E-state index contributed by atoms with van der Waals surface area (Å²) < 4.78 is 1.59. The first-order valence-electron chi connectivity index (χ1n) is 5.38. The van der Waals surface area contributed by atoms with E-state index < -0.39 is 0 Å². The second kappa shape index (κ2) is 4.54. The van der Waals surface area contributed by atoms with E-state index in [1.165, 1.54) is 0 Å². The molecular formula is C13H6Cl2N4. The Kier molecular flexibility index (Phi) is 2.86. The van der Waals surface area contributed by atoms with Gasteiger partial charge in [0.25, 0.3) is 0 Å². The van der Waals surface area contributed by atoms with E-state index in [0.717, 1.165) is 5.56 Å². The van der Waals surface area contributed by atoms with Crippen LogP contribution in [0.1, 0.15) is 5.69 Å². The molecule has 6 heteroatoms. The molecule has 0 N–H and O–H groups in total. The van der Waals surface area contributed by atoms with Gasteiger partial charge < -0.3 is 0 Å². The zero-order chi connectivity index (χ0) is 13.4. The van der Waals surface area contributed by atoms with Crippen LogP contribution in [0.2, 0.25) is 10.0 Å². The van der Waals surface area contributed by atoms with E-state index >= 15 is 0 Å². The molecule has 0 aromatic carbocycles. The molecule has 0 bridgehead atoms. The van der Waals surface area contributed by atoms with Gasteiger partial charge in [0.1, 0.15) is 11.8 Å². The maximum absolute atomic E-state index is 9.33. The quantitative estimate of drug-likeness (QED) is 0.688. The van der Waals surface area contributed by atoms with Gasteiger partial charge in [-0.2, -0.15) is 5.26 Å². The zero-order valence-electron chi connectivity index (χ0n) is 9.51. The number of nitriles is 1. The van der Waals surface area contributed by atoms with Crippen LogP contribution in [0.15, 0.2) is 36.8 Å². The van der Waals surface area contributed by atoms with Crippen LogP contribution in [-0.2, 0) is 0 Å². The largest absolute Gasteiger partial charge is 0.288 e. The summed E-state index contributed by atoms with van der Waals surface area (Å²) in [5.41, 5.74) is 2.18. The summed E-state index contributed by atoms with van der Waals surface area (Å²) in [5.74, 6) is 0. The number of halogens is 2. The molecule has 0 aliphatic rings. The lowest BCUT2D eigenvalue weighted by Gasteiger charge is -1.98. The first-order valence-corrected chi connectivity index (χ1v) is 6.14. The standard InChI is InChI=1S/C13H6Cl2N4/c14-9-4-10(15)13-18-12(8-2-1-3-17-6-8)11(5-16)19(13)7-9/h1-4,6-7H. The maximum atomic E-state index is 9.33. The van der Waals surface area contributed by atoms with Gasteiger partial charge in [-0.1, -0.05) is 23.2 Å². The summed E-state index contributed by atoms with van der Waals surface area (Å²) in [6, 6.07) is 7.35. The van der Waals surface area contributed by atoms with Crippen molar-refractivity contribution >= 4 is 28.8 Å². The monoisotopic (exact) mass is 288 g/mol. The Morgan fingerprint density at radius 2 is 2.16 bits per heavy atom. The van der Waals surface area contributed by atoms with Gasteiger partial charge in [-0.05, 0) is 18.2 Å². The minimum atomic E-state index is 0.382. The molecule has 0 amide bonds. The van der Waals surface area contributed by atoms with E-state index in [0.29, 0.717) is 27.1 Å². The molecule has 3 aromatic rings. The van der Waals surface area contributed by atoms with Crippen LogP contribution in [-0.4, -0.2) is 14.4 Å². The molecule has 19 heavy (non-hydrogen) atoms. The molecule has 0 saturated carbocycles. The molecule has 92 valence electrons. The van der Waals surface area contributed by atoms with Crippen LogP contribution in [0.3, 0.4) is 0 Å². The number of hydrogen-bond acceptors (Lipinski definition) is 3. The van der Waals surface area contributed by atoms with Crippen molar-refractivity contribution in [1.29, 1.82) is 5.26 Å². The third-order valence-electron chi connectivity index (χ3n) is 2.68. The van der Waals surface area contributed by atoms with Crippen molar-refractivity contribution in [3.63, 3.8) is 0 Å². The fraction of sp³-hybridized carbons (Fsp3) is 0. The van der Waals surface area contributed by atoms with Crippen LogP contribution in [0, 0.1) is 11.3 Å². The summed E-state index contributed by atoms with van der Waals surface area (Å²) in [7, 11) is 0. The highest BCUT2D eigenvalue weighted by molar-refractivity contribution is 6.36. The second-order valence-corrected chi connectivity index (χ2v) is 4.71. The van der Waals surface area contributed by atoms with Crippen molar-refractivity contribution in [2.24, 2.45) is 0 Å². The van der Waals surface area contributed by atoms with Gasteiger partial charge in [-0.15, -0.1) is 0 Å². The molecule has 3 aromatic heterocycles. The molecule has 0 spiro atoms. The lowest BCUT2D eigenvalue weighted by molar-refractivity contribution is 1.15. The Morgan fingerprint density at radius 3 is 2.84 bits per heavy atom. The molecule has 0 unspecified atom stereocenters. The first-order chi connectivity index (χ1) is 9.20. The molecule has 0 fully saturated rings. The SMILES string of the molecule is N#Cc1c(-c2cccnc2)nc2c(Cl)cc(Cl)cn12. The summed E-state index contributed by atoms with van der Waals surface area (Å²) in [5, 5.41) is 10.2. The Morgan fingerprint density at radius 1 is 1.32 bits per heavy atom.